The van der Waals surface area contributed by atoms with Crippen LogP contribution >= 0.6 is 0 Å². The van der Waals surface area contributed by atoms with E-state index in [-0.39, 0.29) is 5.82 Å². The van der Waals surface area contributed by atoms with Crippen molar-refractivity contribution in [1.82, 2.24) is 24.9 Å². The van der Waals surface area contributed by atoms with Gasteiger partial charge in [0, 0.05) is 11.9 Å². The number of rotatable bonds is 3. The number of carbonyl (C=O) groups excluding carboxylic acids is 1. The number of fused-ring (bicyclic) bond motifs is 1. The Morgan fingerprint density at radius 2 is 2.05 bits per heavy atom. The lowest BCUT2D eigenvalue weighted by molar-refractivity contribution is -0.142. The van der Waals surface area contributed by atoms with Crippen LogP contribution in [-0.2, 0) is 4.79 Å². The standard InChI is InChI=1S/C13H17N5O3/c1-7-5-6-14-12-16-9(17-18(7)12)10(19)15-8(11(20)21)13(2,3)4/h5-6,8H,1-4H3,(H,15,19)(H,20,21)/t8-/m0/s1. The van der Waals surface area contributed by atoms with Crippen molar-refractivity contribution in [1.29, 1.82) is 0 Å². The quantitative estimate of drug-likeness (QED) is 0.859. The Morgan fingerprint density at radius 3 is 2.57 bits per heavy atom. The first-order valence-corrected chi connectivity index (χ1v) is 6.42. The molecule has 0 aliphatic rings. The van der Waals surface area contributed by atoms with Crippen molar-refractivity contribution in [2.24, 2.45) is 5.41 Å². The summed E-state index contributed by atoms with van der Waals surface area (Å²) in [5.74, 6) is -1.55. The van der Waals surface area contributed by atoms with Crippen molar-refractivity contribution < 1.29 is 14.7 Å². The highest BCUT2D eigenvalue weighted by Crippen LogP contribution is 2.19. The van der Waals surface area contributed by atoms with E-state index in [1.54, 1.807) is 40.0 Å². The normalized spacial score (nSPS) is 13.1. The van der Waals surface area contributed by atoms with Gasteiger partial charge >= 0.3 is 5.97 Å². The molecule has 0 aliphatic heterocycles. The number of carbonyl (C=O) groups is 2. The summed E-state index contributed by atoms with van der Waals surface area (Å²) >= 11 is 0. The highest BCUT2D eigenvalue weighted by Gasteiger charge is 2.33. The van der Waals surface area contributed by atoms with E-state index in [0.29, 0.717) is 5.78 Å². The van der Waals surface area contributed by atoms with E-state index >= 15 is 0 Å². The molecule has 2 N–H and O–H groups in total. The van der Waals surface area contributed by atoms with Crippen LogP contribution in [0.3, 0.4) is 0 Å². The van der Waals surface area contributed by atoms with Gasteiger partial charge in [-0.05, 0) is 18.4 Å². The van der Waals surface area contributed by atoms with Crippen LogP contribution in [-0.4, -0.2) is 42.6 Å². The van der Waals surface area contributed by atoms with Crippen LogP contribution in [0, 0.1) is 12.3 Å². The van der Waals surface area contributed by atoms with Crippen molar-refractivity contribution in [2.45, 2.75) is 33.7 Å². The molecule has 8 nitrogen and oxygen atoms in total. The second kappa shape index (κ2) is 5.12. The molecule has 0 aromatic carbocycles. The average Bonchev–Trinajstić information content (AvgIpc) is 2.79. The lowest BCUT2D eigenvalue weighted by atomic mass is 9.87. The molecule has 2 aromatic rings. The summed E-state index contributed by atoms with van der Waals surface area (Å²) < 4.78 is 1.43. The third-order valence-corrected chi connectivity index (χ3v) is 3.02. The molecule has 0 radical (unpaired) electrons. The molecule has 0 saturated heterocycles. The Kier molecular flexibility index (Phi) is 3.63. The van der Waals surface area contributed by atoms with Crippen molar-refractivity contribution in [3.05, 3.63) is 23.8 Å². The number of hydrogen-bond acceptors (Lipinski definition) is 5. The number of nitrogens with one attached hydrogen (secondary N) is 1. The van der Waals surface area contributed by atoms with E-state index in [0.717, 1.165) is 5.69 Å². The zero-order valence-corrected chi connectivity index (χ0v) is 12.3. The SMILES string of the molecule is Cc1ccnc2nc(C(=O)N[C@@H](C(=O)O)C(C)(C)C)nn12. The lowest BCUT2D eigenvalue weighted by Crippen LogP contribution is -2.49. The molecule has 0 saturated carbocycles. The van der Waals surface area contributed by atoms with Gasteiger partial charge in [0.2, 0.25) is 5.82 Å². The van der Waals surface area contributed by atoms with E-state index in [1.807, 2.05) is 0 Å². The third-order valence-electron chi connectivity index (χ3n) is 3.02. The number of nitrogens with zero attached hydrogens (tertiary/aromatic N) is 4. The second-order valence-electron chi connectivity index (χ2n) is 5.84. The molecular formula is C13H17N5O3. The number of carboxylic acids is 1. The molecule has 0 unspecified atom stereocenters. The number of hydrogen-bond donors (Lipinski definition) is 2. The summed E-state index contributed by atoms with van der Waals surface area (Å²) in [7, 11) is 0. The minimum absolute atomic E-state index is 0.104. The van der Waals surface area contributed by atoms with Gasteiger partial charge in [-0.15, -0.1) is 5.10 Å². The van der Waals surface area contributed by atoms with Gasteiger partial charge in [-0.1, -0.05) is 20.8 Å². The lowest BCUT2D eigenvalue weighted by Gasteiger charge is -2.27. The Hall–Kier alpha value is -2.51. The number of aliphatic carboxylic acids is 1. The van der Waals surface area contributed by atoms with E-state index in [1.165, 1.54) is 4.52 Å². The molecular weight excluding hydrogens is 274 g/mol. The molecule has 1 amide bonds. The number of aryl methyl sites for hydroxylation is 1. The summed E-state index contributed by atoms with van der Waals surface area (Å²) in [6.07, 6.45) is 1.57. The predicted molar refractivity (Wildman–Crippen MR) is 73.9 cm³/mol. The molecule has 2 rings (SSSR count). The summed E-state index contributed by atoms with van der Waals surface area (Å²) in [5.41, 5.74) is 0.145. The number of aromatic nitrogens is 4. The zero-order chi connectivity index (χ0) is 15.8. The van der Waals surface area contributed by atoms with Crippen LogP contribution in [0.2, 0.25) is 0 Å². The fraction of sp³-hybridized carbons (Fsp3) is 0.462. The van der Waals surface area contributed by atoms with E-state index in [9.17, 15) is 14.7 Å². The molecule has 0 aliphatic carbocycles. The summed E-state index contributed by atoms with van der Waals surface area (Å²) in [4.78, 5) is 31.4. The van der Waals surface area contributed by atoms with Gasteiger partial charge in [-0.3, -0.25) is 4.79 Å². The van der Waals surface area contributed by atoms with Gasteiger partial charge in [-0.25, -0.2) is 14.3 Å². The minimum Gasteiger partial charge on any atom is -0.480 e. The Balaban J connectivity index is 2.30. The van der Waals surface area contributed by atoms with Crippen molar-refractivity contribution >= 4 is 17.7 Å². The molecule has 0 spiro atoms. The van der Waals surface area contributed by atoms with Crippen molar-refractivity contribution in [2.75, 3.05) is 0 Å². The average molecular weight is 291 g/mol. The molecule has 2 aromatic heterocycles. The number of carboxylic acid groups (broad SMARTS) is 1. The molecule has 112 valence electrons. The van der Waals surface area contributed by atoms with Gasteiger partial charge in [0.1, 0.15) is 6.04 Å². The van der Waals surface area contributed by atoms with Crippen molar-refractivity contribution in [3.8, 4) is 0 Å². The summed E-state index contributed by atoms with van der Waals surface area (Å²) in [6, 6.07) is 0.698. The Labute approximate surface area is 121 Å². The first-order valence-electron chi connectivity index (χ1n) is 6.42. The van der Waals surface area contributed by atoms with E-state index < -0.39 is 23.3 Å². The van der Waals surface area contributed by atoms with Gasteiger partial charge in [-0.2, -0.15) is 4.98 Å². The molecule has 2 heterocycles. The minimum atomic E-state index is -1.10. The molecule has 1 atom stereocenters. The summed E-state index contributed by atoms with van der Waals surface area (Å²) in [5, 5.41) is 15.7. The smallest absolute Gasteiger partial charge is 0.326 e. The first-order chi connectivity index (χ1) is 9.70. The predicted octanol–water partition coefficient (Wildman–Crippen LogP) is 0.662. The number of amides is 1. The van der Waals surface area contributed by atoms with Crippen LogP contribution in [0.1, 0.15) is 37.1 Å². The molecule has 0 bridgehead atoms. The van der Waals surface area contributed by atoms with Crippen LogP contribution < -0.4 is 5.32 Å². The topological polar surface area (TPSA) is 109 Å². The maximum atomic E-state index is 12.1. The monoisotopic (exact) mass is 291 g/mol. The van der Waals surface area contributed by atoms with Gasteiger partial charge in [0.05, 0.1) is 0 Å². The Morgan fingerprint density at radius 1 is 1.38 bits per heavy atom. The largest absolute Gasteiger partial charge is 0.480 e. The van der Waals surface area contributed by atoms with Crippen LogP contribution in [0.25, 0.3) is 5.78 Å². The highest BCUT2D eigenvalue weighted by atomic mass is 16.4. The Bertz CT molecular complexity index is 701. The molecule has 8 heteroatoms. The maximum absolute atomic E-state index is 12.1. The van der Waals surface area contributed by atoms with Gasteiger partial charge in [0.15, 0.2) is 0 Å². The van der Waals surface area contributed by atoms with E-state index in [2.05, 4.69) is 20.4 Å². The van der Waals surface area contributed by atoms with E-state index in [4.69, 9.17) is 0 Å². The highest BCUT2D eigenvalue weighted by molar-refractivity contribution is 5.94. The van der Waals surface area contributed by atoms with Crippen molar-refractivity contribution in [3.63, 3.8) is 0 Å². The first kappa shape index (κ1) is 14.9. The summed E-state index contributed by atoms with van der Waals surface area (Å²) in [6.45, 7) is 7.00. The fourth-order valence-corrected chi connectivity index (χ4v) is 1.85. The third kappa shape index (κ3) is 2.99. The maximum Gasteiger partial charge on any atom is 0.326 e. The zero-order valence-electron chi connectivity index (χ0n) is 12.3. The van der Waals surface area contributed by atoms with Gasteiger partial charge in [0.25, 0.3) is 11.7 Å². The molecule has 0 fully saturated rings. The molecule has 21 heavy (non-hydrogen) atoms. The van der Waals surface area contributed by atoms with Crippen LogP contribution in [0.4, 0.5) is 0 Å². The second-order valence-corrected chi connectivity index (χ2v) is 5.84. The van der Waals surface area contributed by atoms with Crippen LogP contribution in [0.15, 0.2) is 12.3 Å². The van der Waals surface area contributed by atoms with Crippen LogP contribution in [0.5, 0.6) is 0 Å². The fourth-order valence-electron chi connectivity index (χ4n) is 1.85. The van der Waals surface area contributed by atoms with Gasteiger partial charge < -0.3 is 10.4 Å².